The molecule has 2 aromatic carbocycles. The summed E-state index contributed by atoms with van der Waals surface area (Å²) in [5.41, 5.74) is 1.07. The highest BCUT2D eigenvalue weighted by Crippen LogP contribution is 2.38. The molecule has 0 atom stereocenters. The van der Waals surface area contributed by atoms with Crippen LogP contribution in [0.3, 0.4) is 0 Å². The number of benzene rings is 2. The van der Waals surface area contributed by atoms with E-state index in [2.05, 4.69) is 15.6 Å². The van der Waals surface area contributed by atoms with Crippen LogP contribution in [0.15, 0.2) is 35.3 Å². The minimum atomic E-state index is -0.487. The summed E-state index contributed by atoms with van der Waals surface area (Å²) in [6.45, 7) is 5.32. The minimum absolute atomic E-state index is 0.103. The molecule has 0 amide bonds. The molecule has 0 aliphatic carbocycles. The first-order valence-corrected chi connectivity index (χ1v) is 9.36. The van der Waals surface area contributed by atoms with Gasteiger partial charge in [-0.05, 0) is 49.7 Å². The van der Waals surface area contributed by atoms with Gasteiger partial charge in [-0.1, -0.05) is 0 Å². The number of nitrogens with one attached hydrogen (secondary N) is 2. The largest absolute Gasteiger partial charge is 0.493 e. The zero-order valence-corrected chi connectivity index (χ0v) is 17.1. The molecule has 2 aromatic rings. The Hall–Kier alpha value is -3.03. The van der Waals surface area contributed by atoms with Crippen LogP contribution in [0.2, 0.25) is 0 Å². The van der Waals surface area contributed by atoms with Gasteiger partial charge in [0, 0.05) is 18.7 Å². The maximum atomic E-state index is 13.8. The lowest BCUT2D eigenvalue weighted by molar-refractivity contribution is 0.288. The third-order valence-corrected chi connectivity index (χ3v) is 4.03. The molecule has 0 aliphatic heterocycles. The molecule has 0 aromatic heterocycles. The molecular formula is C21H27F2N3O3. The SMILES string of the molecule is CCNC(=NCc1cc(OC)c(OCC)c(OC)c1)NCc1cc(F)ccc1F. The van der Waals surface area contributed by atoms with Crippen molar-refractivity contribution >= 4 is 5.96 Å². The first-order valence-electron chi connectivity index (χ1n) is 9.36. The van der Waals surface area contributed by atoms with Crippen molar-refractivity contribution in [1.29, 1.82) is 0 Å². The molecule has 0 spiro atoms. The van der Waals surface area contributed by atoms with Gasteiger partial charge in [-0.3, -0.25) is 0 Å². The van der Waals surface area contributed by atoms with E-state index in [1.54, 1.807) is 14.2 Å². The summed E-state index contributed by atoms with van der Waals surface area (Å²) in [4.78, 5) is 4.50. The van der Waals surface area contributed by atoms with E-state index in [9.17, 15) is 8.78 Å². The Morgan fingerprint density at radius 2 is 1.69 bits per heavy atom. The van der Waals surface area contributed by atoms with Gasteiger partial charge in [0.25, 0.3) is 0 Å². The summed E-state index contributed by atoms with van der Waals surface area (Å²) < 4.78 is 43.6. The predicted molar refractivity (Wildman–Crippen MR) is 109 cm³/mol. The van der Waals surface area contributed by atoms with E-state index in [-0.39, 0.29) is 12.1 Å². The van der Waals surface area contributed by atoms with Crippen LogP contribution in [-0.2, 0) is 13.1 Å². The number of hydrogen-bond acceptors (Lipinski definition) is 4. The number of hydrogen-bond donors (Lipinski definition) is 2. The third kappa shape index (κ3) is 6.23. The first kappa shape index (κ1) is 22.3. The van der Waals surface area contributed by atoms with Crippen molar-refractivity contribution in [3.8, 4) is 17.2 Å². The van der Waals surface area contributed by atoms with E-state index < -0.39 is 11.6 Å². The summed E-state index contributed by atoms with van der Waals surface area (Å²) in [6.07, 6.45) is 0. The average molecular weight is 407 g/mol. The molecule has 158 valence electrons. The standard InChI is InChI=1S/C21H27F2N3O3/c1-5-24-21(26-13-15-11-16(22)7-8-17(15)23)25-12-14-9-18(27-3)20(29-6-2)19(10-14)28-4/h7-11H,5-6,12-13H2,1-4H3,(H2,24,25,26). The van der Waals surface area contributed by atoms with Gasteiger partial charge in [0.15, 0.2) is 17.5 Å². The van der Waals surface area contributed by atoms with Crippen LogP contribution in [0.5, 0.6) is 17.2 Å². The lowest BCUT2D eigenvalue weighted by Gasteiger charge is -2.15. The molecule has 2 rings (SSSR count). The first-order chi connectivity index (χ1) is 14.0. The Morgan fingerprint density at radius 1 is 1.00 bits per heavy atom. The summed E-state index contributed by atoms with van der Waals surface area (Å²) in [5.74, 6) is 1.15. The van der Waals surface area contributed by atoms with Gasteiger partial charge in [0.2, 0.25) is 5.75 Å². The van der Waals surface area contributed by atoms with Gasteiger partial charge in [0.05, 0.1) is 27.4 Å². The minimum Gasteiger partial charge on any atom is -0.493 e. The monoisotopic (exact) mass is 407 g/mol. The lowest BCUT2D eigenvalue weighted by Crippen LogP contribution is -2.37. The van der Waals surface area contributed by atoms with Crippen LogP contribution < -0.4 is 24.8 Å². The summed E-state index contributed by atoms with van der Waals surface area (Å²) in [5, 5.41) is 6.09. The van der Waals surface area contributed by atoms with Crippen molar-refractivity contribution in [2.75, 3.05) is 27.4 Å². The number of methoxy groups -OCH3 is 2. The second kappa shape index (κ2) is 11.1. The van der Waals surface area contributed by atoms with Gasteiger partial charge in [0.1, 0.15) is 11.6 Å². The Morgan fingerprint density at radius 3 is 2.28 bits per heavy atom. The van der Waals surface area contributed by atoms with Crippen LogP contribution in [0.1, 0.15) is 25.0 Å². The van der Waals surface area contributed by atoms with Crippen molar-refractivity contribution in [2.24, 2.45) is 4.99 Å². The fraction of sp³-hybridized carbons (Fsp3) is 0.381. The molecule has 0 bridgehead atoms. The molecule has 0 fully saturated rings. The number of halogens is 2. The second-order valence-corrected chi connectivity index (χ2v) is 6.05. The normalized spacial score (nSPS) is 11.2. The van der Waals surface area contributed by atoms with E-state index in [0.29, 0.717) is 42.9 Å². The molecule has 6 nitrogen and oxygen atoms in total. The van der Waals surface area contributed by atoms with Gasteiger partial charge in [-0.25, -0.2) is 13.8 Å². The van der Waals surface area contributed by atoms with Crippen LogP contribution in [0.25, 0.3) is 0 Å². The number of rotatable bonds is 9. The Labute approximate surface area is 169 Å². The van der Waals surface area contributed by atoms with Crippen molar-refractivity contribution in [2.45, 2.75) is 26.9 Å². The van der Waals surface area contributed by atoms with Crippen LogP contribution >= 0.6 is 0 Å². The summed E-state index contributed by atoms with van der Waals surface area (Å²) >= 11 is 0. The number of nitrogens with zero attached hydrogens (tertiary/aromatic N) is 1. The molecule has 0 aliphatic rings. The number of guanidine groups is 1. The zero-order valence-electron chi connectivity index (χ0n) is 17.1. The van der Waals surface area contributed by atoms with E-state index >= 15 is 0 Å². The van der Waals surface area contributed by atoms with Gasteiger partial charge < -0.3 is 24.8 Å². The molecule has 8 heteroatoms. The van der Waals surface area contributed by atoms with Crippen molar-refractivity contribution in [1.82, 2.24) is 10.6 Å². The van der Waals surface area contributed by atoms with E-state index in [0.717, 1.165) is 23.8 Å². The van der Waals surface area contributed by atoms with Gasteiger partial charge in [-0.15, -0.1) is 0 Å². The molecule has 2 N–H and O–H groups in total. The fourth-order valence-corrected chi connectivity index (χ4v) is 2.68. The highest BCUT2D eigenvalue weighted by molar-refractivity contribution is 5.79. The maximum Gasteiger partial charge on any atom is 0.203 e. The Kier molecular flexibility index (Phi) is 8.51. The highest BCUT2D eigenvalue weighted by atomic mass is 19.1. The maximum absolute atomic E-state index is 13.8. The van der Waals surface area contributed by atoms with Crippen LogP contribution in [-0.4, -0.2) is 33.3 Å². The van der Waals surface area contributed by atoms with Crippen LogP contribution in [0.4, 0.5) is 8.78 Å². The van der Waals surface area contributed by atoms with Crippen molar-refractivity contribution in [3.63, 3.8) is 0 Å². The second-order valence-electron chi connectivity index (χ2n) is 6.05. The Bertz CT molecular complexity index is 819. The zero-order chi connectivity index (χ0) is 21.2. The number of aliphatic imine (C=N–C) groups is 1. The lowest BCUT2D eigenvalue weighted by atomic mass is 10.2. The number of ether oxygens (including phenoxy) is 3. The molecule has 0 radical (unpaired) electrons. The predicted octanol–water partition coefficient (Wildman–Crippen LogP) is 3.64. The fourth-order valence-electron chi connectivity index (χ4n) is 2.68. The van der Waals surface area contributed by atoms with E-state index in [1.165, 1.54) is 0 Å². The molecule has 0 saturated carbocycles. The van der Waals surface area contributed by atoms with Gasteiger partial charge >= 0.3 is 0 Å². The Balaban J connectivity index is 2.17. The third-order valence-electron chi connectivity index (χ3n) is 4.03. The van der Waals surface area contributed by atoms with Crippen molar-refractivity contribution < 1.29 is 23.0 Å². The average Bonchev–Trinajstić information content (AvgIpc) is 2.72. The van der Waals surface area contributed by atoms with Crippen LogP contribution in [0, 0.1) is 11.6 Å². The van der Waals surface area contributed by atoms with E-state index in [4.69, 9.17) is 14.2 Å². The molecule has 0 heterocycles. The molecule has 0 saturated heterocycles. The van der Waals surface area contributed by atoms with E-state index in [1.807, 2.05) is 26.0 Å². The molecular weight excluding hydrogens is 380 g/mol. The summed E-state index contributed by atoms with van der Waals surface area (Å²) in [6, 6.07) is 7.01. The molecule has 0 unspecified atom stereocenters. The van der Waals surface area contributed by atoms with Gasteiger partial charge in [-0.2, -0.15) is 0 Å². The topological polar surface area (TPSA) is 64.1 Å². The molecule has 29 heavy (non-hydrogen) atoms. The summed E-state index contributed by atoms with van der Waals surface area (Å²) in [7, 11) is 3.12. The van der Waals surface area contributed by atoms with Crippen molar-refractivity contribution in [3.05, 3.63) is 53.1 Å². The quantitative estimate of drug-likeness (QED) is 0.491. The smallest absolute Gasteiger partial charge is 0.203 e. The highest BCUT2D eigenvalue weighted by Gasteiger charge is 2.14.